The Labute approximate surface area is 184 Å². The lowest BCUT2D eigenvalue weighted by molar-refractivity contribution is -0.987. The fourth-order valence-corrected chi connectivity index (χ4v) is 4.99. The van der Waals surface area contributed by atoms with E-state index in [1.54, 1.807) is 14.2 Å². The van der Waals surface area contributed by atoms with Crippen molar-refractivity contribution >= 4 is 16.9 Å². The van der Waals surface area contributed by atoms with Gasteiger partial charge in [-0.25, -0.2) is 0 Å². The molecule has 0 spiro atoms. The predicted octanol–water partition coefficient (Wildman–Crippen LogP) is 1.04. The average Bonchev–Trinajstić information content (AvgIpc) is 3.38. The number of carbonyl (C=O) groups is 1. The fourth-order valence-electron chi connectivity index (χ4n) is 4.99. The van der Waals surface area contributed by atoms with Crippen LogP contribution in [0.15, 0.2) is 54.3 Å². The van der Waals surface area contributed by atoms with Crippen molar-refractivity contribution in [3.63, 3.8) is 0 Å². The number of nitrogens with zero attached hydrogens (tertiary/aromatic N) is 2. The molecule has 0 radical (unpaired) electrons. The first-order chi connectivity index (χ1) is 14.2. The molecule has 2 aliphatic heterocycles. The topological polar surface area (TPSA) is 48.0 Å². The first-order valence-electron chi connectivity index (χ1n) is 10.1. The third kappa shape index (κ3) is 3.58. The molecule has 2 aromatic rings. The number of halogens is 1. The SMILES string of the molecule is COC[C@@H]1CCCN1[N+]1(C(=O)OC)CC=C(OC)[C@@H]1c1ccc2ccccc2c1.[Cl-]. The van der Waals surface area contributed by atoms with Gasteiger partial charge in [-0.15, -0.1) is 9.60 Å². The van der Waals surface area contributed by atoms with Gasteiger partial charge in [0.2, 0.25) is 6.04 Å². The van der Waals surface area contributed by atoms with Crippen molar-refractivity contribution in [2.75, 3.05) is 41.0 Å². The first kappa shape index (κ1) is 22.6. The Bertz CT molecular complexity index is 934. The van der Waals surface area contributed by atoms with Gasteiger partial charge in [-0.05, 0) is 29.7 Å². The lowest BCUT2D eigenvalue weighted by Gasteiger charge is -2.44. The van der Waals surface area contributed by atoms with E-state index >= 15 is 0 Å². The van der Waals surface area contributed by atoms with E-state index in [1.807, 2.05) is 18.2 Å². The molecule has 1 amide bonds. The van der Waals surface area contributed by atoms with Crippen LogP contribution in [-0.2, 0) is 14.2 Å². The van der Waals surface area contributed by atoms with Crippen molar-refractivity contribution in [2.24, 2.45) is 0 Å². The van der Waals surface area contributed by atoms with Crippen molar-refractivity contribution in [1.29, 1.82) is 0 Å². The number of hydrogen-bond donors (Lipinski definition) is 0. The summed E-state index contributed by atoms with van der Waals surface area (Å²) in [5.41, 5.74) is 1.04. The quantitative estimate of drug-likeness (QED) is 0.661. The number of benzene rings is 2. The fraction of sp³-hybridized carbons (Fsp3) is 0.435. The van der Waals surface area contributed by atoms with Crippen LogP contribution >= 0.6 is 0 Å². The van der Waals surface area contributed by atoms with Crippen molar-refractivity contribution in [1.82, 2.24) is 5.01 Å². The summed E-state index contributed by atoms with van der Waals surface area (Å²) in [5.74, 6) is 0.800. The number of rotatable bonds is 5. The summed E-state index contributed by atoms with van der Waals surface area (Å²) in [6, 6.07) is 14.5. The average molecular weight is 433 g/mol. The highest BCUT2D eigenvalue weighted by atomic mass is 35.5. The number of ether oxygens (including phenoxy) is 3. The molecule has 7 heteroatoms. The van der Waals surface area contributed by atoms with Crippen molar-refractivity contribution in [3.8, 4) is 0 Å². The zero-order valence-electron chi connectivity index (χ0n) is 17.7. The standard InChI is InChI=1S/C23H29N2O4.ClH/c1-27-16-20-9-6-13-24(20)25(23(26)29-3)14-12-21(28-2)22(25)19-11-10-17-7-4-5-8-18(17)15-19;/h4-5,7-8,10-12,15,20,22H,6,9,13-14,16H2,1-3H3;1H/q+1;/p-1/t20-,22-,25?;/m0./s1. The minimum atomic E-state index is -0.283. The highest BCUT2D eigenvalue weighted by Crippen LogP contribution is 2.46. The number of methoxy groups -OCH3 is 3. The van der Waals surface area contributed by atoms with E-state index in [2.05, 4.69) is 35.3 Å². The second-order valence-corrected chi connectivity index (χ2v) is 7.71. The highest BCUT2D eigenvalue weighted by Gasteiger charge is 2.59. The lowest BCUT2D eigenvalue weighted by atomic mass is 10.00. The maximum atomic E-state index is 13.4. The Balaban J connectivity index is 0.00000256. The largest absolute Gasteiger partial charge is 1.00 e. The third-order valence-corrected chi connectivity index (χ3v) is 6.25. The van der Waals surface area contributed by atoms with Gasteiger partial charge in [0.1, 0.15) is 6.54 Å². The van der Waals surface area contributed by atoms with Crippen LogP contribution in [0.4, 0.5) is 4.79 Å². The van der Waals surface area contributed by atoms with Gasteiger partial charge >= 0.3 is 6.09 Å². The van der Waals surface area contributed by atoms with Crippen LogP contribution in [0.25, 0.3) is 10.8 Å². The summed E-state index contributed by atoms with van der Waals surface area (Å²) in [4.78, 5) is 13.4. The van der Waals surface area contributed by atoms with Crippen LogP contribution in [0.5, 0.6) is 0 Å². The monoisotopic (exact) mass is 432 g/mol. The van der Waals surface area contributed by atoms with Crippen LogP contribution in [0.1, 0.15) is 24.4 Å². The molecule has 0 N–H and O–H groups in total. The summed E-state index contributed by atoms with van der Waals surface area (Å²) in [7, 11) is 4.85. The molecule has 0 saturated carbocycles. The van der Waals surface area contributed by atoms with Crippen LogP contribution < -0.4 is 12.4 Å². The molecule has 0 aromatic heterocycles. The van der Waals surface area contributed by atoms with Crippen LogP contribution in [0.2, 0.25) is 0 Å². The van der Waals surface area contributed by atoms with Crippen LogP contribution in [0, 0.1) is 0 Å². The van der Waals surface area contributed by atoms with Crippen LogP contribution in [-0.4, -0.2) is 62.8 Å². The molecule has 3 atom stereocenters. The van der Waals surface area contributed by atoms with Gasteiger partial charge in [-0.1, -0.05) is 36.4 Å². The second kappa shape index (κ2) is 9.35. The molecule has 2 aromatic carbocycles. The van der Waals surface area contributed by atoms with Gasteiger partial charge in [-0.3, -0.25) is 0 Å². The molecule has 4 rings (SSSR count). The first-order valence-corrected chi connectivity index (χ1v) is 10.1. The molecule has 6 nitrogen and oxygen atoms in total. The summed E-state index contributed by atoms with van der Waals surface area (Å²) in [6.45, 7) is 1.91. The Hall–Kier alpha value is -2.12. The number of carbonyl (C=O) groups excluding carboxylic acids is 1. The number of amides is 1. The second-order valence-electron chi connectivity index (χ2n) is 7.71. The molecule has 162 valence electrons. The van der Waals surface area contributed by atoms with E-state index < -0.39 is 0 Å². The highest BCUT2D eigenvalue weighted by molar-refractivity contribution is 5.83. The smallest absolute Gasteiger partial charge is 0.537 e. The van der Waals surface area contributed by atoms with E-state index in [0.29, 0.717) is 13.2 Å². The molecule has 0 aliphatic carbocycles. The van der Waals surface area contributed by atoms with Crippen molar-refractivity contribution < 1.29 is 36.0 Å². The Morgan fingerprint density at radius 3 is 2.60 bits per heavy atom. The molecule has 1 saturated heterocycles. The third-order valence-electron chi connectivity index (χ3n) is 6.25. The van der Waals surface area contributed by atoms with Gasteiger partial charge < -0.3 is 26.6 Å². The van der Waals surface area contributed by atoms with E-state index in [9.17, 15) is 4.79 Å². The molecule has 0 bridgehead atoms. The molecule has 1 fully saturated rings. The number of quaternary nitrogens is 1. The summed E-state index contributed by atoms with van der Waals surface area (Å²) in [6.07, 6.45) is 3.78. The molecule has 30 heavy (non-hydrogen) atoms. The van der Waals surface area contributed by atoms with E-state index in [4.69, 9.17) is 14.2 Å². The summed E-state index contributed by atoms with van der Waals surface area (Å²) in [5, 5.41) is 4.56. The number of hydrogen-bond acceptors (Lipinski definition) is 5. The summed E-state index contributed by atoms with van der Waals surface area (Å²) < 4.78 is 16.7. The van der Waals surface area contributed by atoms with Crippen LogP contribution in [0.3, 0.4) is 0 Å². The molecule has 2 aliphatic rings. The van der Waals surface area contributed by atoms with E-state index in [1.165, 1.54) is 12.5 Å². The molecular formula is C23H29ClN2O4. The normalized spacial score (nSPS) is 26.3. The predicted molar refractivity (Wildman–Crippen MR) is 111 cm³/mol. The van der Waals surface area contributed by atoms with Gasteiger partial charge in [0, 0.05) is 25.3 Å². The van der Waals surface area contributed by atoms with Gasteiger partial charge in [0.05, 0.1) is 26.9 Å². The molecule has 2 heterocycles. The van der Waals surface area contributed by atoms with E-state index in [-0.39, 0.29) is 35.2 Å². The zero-order chi connectivity index (χ0) is 20.4. The maximum absolute atomic E-state index is 13.4. The zero-order valence-corrected chi connectivity index (χ0v) is 18.5. The summed E-state index contributed by atoms with van der Waals surface area (Å²) >= 11 is 0. The Kier molecular flexibility index (Phi) is 7.03. The minimum absolute atomic E-state index is 0. The Morgan fingerprint density at radius 1 is 1.13 bits per heavy atom. The van der Waals surface area contributed by atoms with Crippen molar-refractivity contribution in [3.05, 3.63) is 59.9 Å². The van der Waals surface area contributed by atoms with Gasteiger partial charge in [0.15, 0.2) is 5.76 Å². The maximum Gasteiger partial charge on any atom is 0.537 e. The van der Waals surface area contributed by atoms with Gasteiger partial charge in [0.25, 0.3) is 0 Å². The molecule has 1 unspecified atom stereocenters. The number of fused-ring (bicyclic) bond motifs is 1. The van der Waals surface area contributed by atoms with Gasteiger partial charge in [-0.2, -0.15) is 4.79 Å². The molecular weight excluding hydrogens is 404 g/mol. The Morgan fingerprint density at radius 2 is 1.90 bits per heavy atom. The van der Waals surface area contributed by atoms with Crippen molar-refractivity contribution in [2.45, 2.75) is 24.9 Å². The lowest BCUT2D eigenvalue weighted by Crippen LogP contribution is -3.00. The van der Waals surface area contributed by atoms with E-state index in [0.717, 1.165) is 36.1 Å². The minimum Gasteiger partial charge on any atom is -1.00 e.